The Morgan fingerprint density at radius 1 is 0.422 bits per heavy atom. The normalized spacial score (nSPS) is 29.5. The highest BCUT2D eigenvalue weighted by molar-refractivity contribution is 5.76. The Balaban J connectivity index is 1.47. The van der Waals surface area contributed by atoms with Crippen molar-refractivity contribution >= 4 is 5.91 Å². The lowest BCUT2D eigenvalue weighted by molar-refractivity contribution is -0.379. The zero-order valence-electron chi connectivity index (χ0n) is 51.2. The number of rotatable bonds is 50. The maximum Gasteiger partial charge on any atom is 0.220 e. The van der Waals surface area contributed by atoms with Gasteiger partial charge in [-0.2, -0.15) is 0 Å². The number of aliphatic hydroxyl groups excluding tert-OH is 11. The van der Waals surface area contributed by atoms with Crippen molar-refractivity contribution in [3.8, 4) is 0 Å². The molecule has 3 aliphatic heterocycles. The maximum absolute atomic E-state index is 13.3. The molecule has 0 aliphatic carbocycles. The van der Waals surface area contributed by atoms with Crippen LogP contribution in [0, 0.1) is 0 Å². The smallest absolute Gasteiger partial charge is 0.220 e. The molecule has 17 unspecified atom stereocenters. The van der Waals surface area contributed by atoms with Crippen LogP contribution in [0.25, 0.3) is 0 Å². The number of carbonyl (C=O) groups excluding carboxylic acids is 1. The summed E-state index contributed by atoms with van der Waals surface area (Å²) in [5.74, 6) is -0.282. The molecular formula is C64H119NO18. The van der Waals surface area contributed by atoms with Crippen molar-refractivity contribution in [2.75, 3.05) is 26.4 Å². The second kappa shape index (κ2) is 47.3. The molecule has 19 heteroatoms. The summed E-state index contributed by atoms with van der Waals surface area (Å²) in [4.78, 5) is 13.3. The molecule has 0 aromatic rings. The van der Waals surface area contributed by atoms with Crippen LogP contribution >= 0.6 is 0 Å². The molecule has 3 heterocycles. The van der Waals surface area contributed by atoms with Gasteiger partial charge in [-0.05, 0) is 32.1 Å². The Hall–Kier alpha value is -1.73. The third-order valence-corrected chi connectivity index (χ3v) is 16.8. The van der Waals surface area contributed by atoms with E-state index in [0.717, 1.165) is 38.5 Å². The number of unbranched alkanes of at least 4 members (excludes halogenated alkanes) is 32. The number of carbonyl (C=O) groups is 1. The van der Waals surface area contributed by atoms with E-state index in [0.29, 0.717) is 12.8 Å². The summed E-state index contributed by atoms with van der Waals surface area (Å²) < 4.78 is 34.3. The summed E-state index contributed by atoms with van der Waals surface area (Å²) >= 11 is 0. The Bertz CT molecular complexity index is 1610. The summed E-state index contributed by atoms with van der Waals surface area (Å²) in [6, 6.07) is -0.985. The lowest BCUT2D eigenvalue weighted by Gasteiger charge is -2.48. The number of ether oxygens (including phenoxy) is 6. The van der Waals surface area contributed by atoms with Crippen molar-refractivity contribution < 1.29 is 89.4 Å². The largest absolute Gasteiger partial charge is 0.394 e. The average molecular weight is 1190 g/mol. The van der Waals surface area contributed by atoms with Crippen LogP contribution in [0.2, 0.25) is 0 Å². The standard InChI is InChI=1S/C64H119NO18/c1-3-5-7-9-11-13-15-17-19-20-21-22-23-24-25-26-28-29-31-33-35-37-39-41-48(69)47(65-52(70)42-40-38-36-34-32-30-27-18-16-14-12-10-8-6-4-2)46-78-62-58(76)55(73)60(50(44-67)80-62)83-64-59(77)56(74)61(51(45-68)81-64)82-63-57(75)54(72)53(71)49(43-66)79-63/h31,33,39,41,47-51,53-64,66-69,71-77H,3-30,32,34-38,40,42-46H2,1-2H3,(H,65,70)/b33-31+,41-39+. The predicted octanol–water partition coefficient (Wildman–Crippen LogP) is 7.49. The van der Waals surface area contributed by atoms with Gasteiger partial charge in [-0.25, -0.2) is 0 Å². The van der Waals surface area contributed by atoms with Gasteiger partial charge in [0.05, 0.1) is 38.6 Å². The second-order valence-electron chi connectivity index (χ2n) is 23.9. The van der Waals surface area contributed by atoms with Crippen molar-refractivity contribution in [1.29, 1.82) is 0 Å². The van der Waals surface area contributed by atoms with E-state index >= 15 is 0 Å². The molecule has 3 aliphatic rings. The van der Waals surface area contributed by atoms with E-state index in [1.165, 1.54) is 173 Å². The number of hydrogen-bond donors (Lipinski definition) is 12. The summed E-state index contributed by atoms with van der Waals surface area (Å²) in [6.07, 6.45) is 24.5. The van der Waals surface area contributed by atoms with E-state index in [1.54, 1.807) is 6.08 Å². The number of allylic oxidation sites excluding steroid dienone is 3. The highest BCUT2D eigenvalue weighted by atomic mass is 16.8. The molecule has 3 saturated heterocycles. The zero-order valence-corrected chi connectivity index (χ0v) is 51.2. The topological polar surface area (TPSA) is 307 Å². The van der Waals surface area contributed by atoms with Crippen LogP contribution in [0.15, 0.2) is 24.3 Å². The fourth-order valence-corrected chi connectivity index (χ4v) is 11.3. The fraction of sp³-hybridized carbons (Fsp3) is 0.922. The van der Waals surface area contributed by atoms with E-state index in [2.05, 4.69) is 31.3 Å². The lowest BCUT2D eigenvalue weighted by atomic mass is 9.96. The maximum atomic E-state index is 13.3. The third-order valence-electron chi connectivity index (χ3n) is 16.8. The minimum Gasteiger partial charge on any atom is -0.394 e. The van der Waals surface area contributed by atoms with Crippen LogP contribution in [-0.4, -0.2) is 193 Å². The van der Waals surface area contributed by atoms with Gasteiger partial charge in [-0.1, -0.05) is 231 Å². The molecule has 0 saturated carbocycles. The Morgan fingerprint density at radius 3 is 1.20 bits per heavy atom. The van der Waals surface area contributed by atoms with Gasteiger partial charge in [0.15, 0.2) is 18.9 Å². The molecule has 17 atom stereocenters. The van der Waals surface area contributed by atoms with Gasteiger partial charge in [0.2, 0.25) is 5.91 Å². The molecule has 0 radical (unpaired) electrons. The Morgan fingerprint density at radius 2 is 0.771 bits per heavy atom. The van der Waals surface area contributed by atoms with Crippen molar-refractivity contribution in [2.45, 2.75) is 349 Å². The monoisotopic (exact) mass is 1190 g/mol. The number of amides is 1. The SMILES string of the molecule is CCCCCCCCCCCCCCCCCCC/C=C/CC/C=C/C(O)C(COC1OC(CO)C(OC2OC(CO)C(OC3OC(CO)C(O)C(O)C3O)C(O)C2O)C(O)C1O)NC(=O)CCCCCCCCCCCCCCCCC. The Labute approximate surface area is 498 Å². The van der Waals surface area contributed by atoms with Gasteiger partial charge in [0.25, 0.3) is 0 Å². The minimum absolute atomic E-state index is 0.240. The van der Waals surface area contributed by atoms with Gasteiger partial charge in [-0.3, -0.25) is 4.79 Å². The van der Waals surface area contributed by atoms with Gasteiger partial charge < -0.3 is 89.9 Å². The first-order valence-electron chi connectivity index (χ1n) is 33.1. The van der Waals surface area contributed by atoms with Crippen LogP contribution in [0.3, 0.4) is 0 Å². The van der Waals surface area contributed by atoms with Crippen molar-refractivity contribution in [3.63, 3.8) is 0 Å². The van der Waals surface area contributed by atoms with Crippen LogP contribution in [0.1, 0.15) is 245 Å². The third kappa shape index (κ3) is 30.4. The van der Waals surface area contributed by atoms with E-state index in [9.17, 15) is 61.0 Å². The molecule has 83 heavy (non-hydrogen) atoms. The molecule has 0 bridgehead atoms. The minimum atomic E-state index is -1.98. The molecule has 3 fully saturated rings. The molecule has 0 aromatic carbocycles. The van der Waals surface area contributed by atoms with E-state index < -0.39 is 124 Å². The second-order valence-corrected chi connectivity index (χ2v) is 23.9. The van der Waals surface area contributed by atoms with Gasteiger partial charge in [0, 0.05) is 6.42 Å². The quantitative estimate of drug-likeness (QED) is 0.0207. The molecule has 1 amide bonds. The van der Waals surface area contributed by atoms with Crippen LogP contribution in [0.5, 0.6) is 0 Å². The molecule has 12 N–H and O–H groups in total. The number of hydrogen-bond acceptors (Lipinski definition) is 18. The van der Waals surface area contributed by atoms with E-state index in [1.807, 2.05) is 6.08 Å². The Kier molecular flexibility index (Phi) is 43.0. The van der Waals surface area contributed by atoms with Crippen molar-refractivity contribution in [1.82, 2.24) is 5.32 Å². The van der Waals surface area contributed by atoms with Crippen LogP contribution in [-0.2, 0) is 33.2 Å². The average Bonchev–Trinajstić information content (AvgIpc) is 3.37. The first kappa shape index (κ1) is 75.5. The fourth-order valence-electron chi connectivity index (χ4n) is 11.3. The summed E-state index contributed by atoms with van der Waals surface area (Å²) in [5.41, 5.74) is 0. The van der Waals surface area contributed by atoms with Crippen LogP contribution < -0.4 is 5.32 Å². The first-order valence-corrected chi connectivity index (χ1v) is 33.1. The number of aliphatic hydroxyl groups is 11. The summed E-state index contributed by atoms with van der Waals surface area (Å²) in [6.45, 7) is 1.73. The first-order chi connectivity index (χ1) is 40.3. The lowest BCUT2D eigenvalue weighted by Crippen LogP contribution is -2.66. The van der Waals surface area contributed by atoms with Gasteiger partial charge in [0.1, 0.15) is 73.2 Å². The van der Waals surface area contributed by atoms with Crippen molar-refractivity contribution in [2.24, 2.45) is 0 Å². The molecule has 3 rings (SSSR count). The summed E-state index contributed by atoms with van der Waals surface area (Å²) in [5, 5.41) is 120. The van der Waals surface area contributed by atoms with Gasteiger partial charge >= 0.3 is 0 Å². The molecular weight excluding hydrogens is 1070 g/mol. The van der Waals surface area contributed by atoms with E-state index in [-0.39, 0.29) is 18.9 Å². The van der Waals surface area contributed by atoms with E-state index in [4.69, 9.17) is 28.4 Å². The summed E-state index contributed by atoms with van der Waals surface area (Å²) in [7, 11) is 0. The zero-order chi connectivity index (χ0) is 60.5. The van der Waals surface area contributed by atoms with Gasteiger partial charge in [-0.15, -0.1) is 0 Å². The van der Waals surface area contributed by atoms with Crippen molar-refractivity contribution in [3.05, 3.63) is 24.3 Å². The predicted molar refractivity (Wildman–Crippen MR) is 319 cm³/mol. The molecule has 0 spiro atoms. The molecule has 19 nitrogen and oxygen atoms in total. The highest BCUT2D eigenvalue weighted by Gasteiger charge is 2.53. The molecule has 0 aromatic heterocycles. The number of nitrogens with one attached hydrogen (secondary N) is 1. The highest BCUT2D eigenvalue weighted by Crippen LogP contribution is 2.33. The van der Waals surface area contributed by atoms with Crippen LogP contribution in [0.4, 0.5) is 0 Å². The molecule has 488 valence electrons.